The van der Waals surface area contributed by atoms with Gasteiger partial charge in [-0.2, -0.15) is 0 Å². The summed E-state index contributed by atoms with van der Waals surface area (Å²) in [6.45, 7) is 5.61. The summed E-state index contributed by atoms with van der Waals surface area (Å²) in [5.41, 5.74) is 1.15. The molecule has 1 heterocycles. The molecular weight excluding hydrogens is 293 g/mol. The Morgan fingerprint density at radius 2 is 1.89 bits per heavy atom. The van der Waals surface area contributed by atoms with Crippen molar-refractivity contribution in [3.05, 3.63) is 29.8 Å². The molecule has 0 atom stereocenters. The van der Waals surface area contributed by atoms with Gasteiger partial charge < -0.3 is 0 Å². The van der Waals surface area contributed by atoms with Crippen LogP contribution in [0.2, 0.25) is 0 Å². The zero-order valence-corrected chi connectivity index (χ0v) is 12.7. The summed E-state index contributed by atoms with van der Waals surface area (Å²) in [6.07, 6.45) is 0. The van der Waals surface area contributed by atoms with Gasteiger partial charge in [0.1, 0.15) is 0 Å². The number of para-hydroxylation sites is 1. The van der Waals surface area contributed by atoms with Crippen LogP contribution in [-0.2, 0) is 11.8 Å². The predicted molar refractivity (Wildman–Crippen MR) is 73.5 cm³/mol. The van der Waals surface area contributed by atoms with Crippen molar-refractivity contribution in [2.45, 2.75) is 26.4 Å². The number of hydrogen-bond donors (Lipinski definition) is 0. The Kier molecular flexibility index (Phi) is 3.26. The average Bonchev–Trinajstić information content (AvgIpc) is 2.50. The van der Waals surface area contributed by atoms with Crippen molar-refractivity contribution in [1.82, 2.24) is 4.57 Å². The molecule has 0 aliphatic carbocycles. The van der Waals surface area contributed by atoms with Gasteiger partial charge in [-0.05, 0) is 0 Å². The molecule has 0 aliphatic rings. The molecular formula is C14H16NO2Se. The second-order valence-corrected chi connectivity index (χ2v) is 6.07. The normalized spacial score (nSPS) is 11.8. The van der Waals surface area contributed by atoms with Crippen molar-refractivity contribution in [3.63, 3.8) is 0 Å². The molecule has 0 unspecified atom stereocenters. The van der Waals surface area contributed by atoms with Gasteiger partial charge >= 0.3 is 115 Å². The van der Waals surface area contributed by atoms with Crippen LogP contribution in [-0.4, -0.2) is 32.2 Å². The molecule has 0 aliphatic heterocycles. The third-order valence-electron chi connectivity index (χ3n) is 2.66. The molecule has 0 spiro atoms. The van der Waals surface area contributed by atoms with Gasteiger partial charge in [0.25, 0.3) is 0 Å². The number of benzene rings is 1. The van der Waals surface area contributed by atoms with Crippen LogP contribution in [0.3, 0.4) is 0 Å². The Hall–Kier alpha value is -1.25. The monoisotopic (exact) mass is 310 g/mol. The molecule has 0 saturated heterocycles. The maximum atomic E-state index is 12.3. The van der Waals surface area contributed by atoms with Crippen LogP contribution >= 0.6 is 0 Å². The number of esters is 1. The summed E-state index contributed by atoms with van der Waals surface area (Å²) in [5.74, 6) is -0.284. The van der Waals surface area contributed by atoms with E-state index in [4.69, 9.17) is 4.74 Å². The van der Waals surface area contributed by atoms with Gasteiger partial charge in [0.05, 0.1) is 0 Å². The second-order valence-electron chi connectivity index (χ2n) is 5.26. The molecule has 1 aromatic carbocycles. The van der Waals surface area contributed by atoms with Crippen LogP contribution in [0.4, 0.5) is 0 Å². The fourth-order valence-corrected chi connectivity index (χ4v) is 2.51. The van der Waals surface area contributed by atoms with Crippen LogP contribution in [0.15, 0.2) is 24.3 Å². The predicted octanol–water partition coefficient (Wildman–Crippen LogP) is 1.93. The molecule has 95 valence electrons. The van der Waals surface area contributed by atoms with Crippen LogP contribution < -0.4 is 4.59 Å². The fourth-order valence-electron chi connectivity index (χ4n) is 1.90. The van der Waals surface area contributed by atoms with Crippen molar-refractivity contribution in [2.24, 2.45) is 7.05 Å². The van der Waals surface area contributed by atoms with Gasteiger partial charge in [0.2, 0.25) is 0 Å². The quantitative estimate of drug-likeness (QED) is 0.595. The number of carbonyl (C=O) groups is 1. The van der Waals surface area contributed by atoms with E-state index in [-0.39, 0.29) is 5.97 Å². The van der Waals surface area contributed by atoms with Gasteiger partial charge in [0, 0.05) is 0 Å². The Bertz CT molecular complexity index is 608. The Balaban J connectivity index is 2.58. The van der Waals surface area contributed by atoms with Crippen molar-refractivity contribution in [1.29, 1.82) is 0 Å². The van der Waals surface area contributed by atoms with E-state index in [1.807, 2.05) is 56.7 Å². The van der Waals surface area contributed by atoms with E-state index in [0.717, 1.165) is 15.5 Å². The van der Waals surface area contributed by atoms with Gasteiger partial charge in [-0.15, -0.1) is 0 Å². The average molecular weight is 309 g/mol. The van der Waals surface area contributed by atoms with E-state index in [2.05, 4.69) is 16.0 Å². The third-order valence-corrected chi connectivity index (χ3v) is 3.66. The number of fused-ring (bicyclic) bond motifs is 1. The number of carbonyl (C=O) groups excluding carboxylic acids is 1. The summed E-state index contributed by atoms with van der Waals surface area (Å²) in [4.78, 5) is 12.3. The molecule has 18 heavy (non-hydrogen) atoms. The first-order valence-corrected chi connectivity index (χ1v) is 6.64. The molecule has 1 radical (unpaired) electrons. The number of aromatic nitrogens is 1. The van der Waals surface area contributed by atoms with Crippen LogP contribution in [0.1, 0.15) is 31.1 Å². The van der Waals surface area contributed by atoms with E-state index in [1.165, 1.54) is 0 Å². The van der Waals surface area contributed by atoms with Gasteiger partial charge in [-0.3, -0.25) is 0 Å². The molecule has 1 aromatic heterocycles. The van der Waals surface area contributed by atoms with Crippen molar-refractivity contribution in [3.8, 4) is 0 Å². The van der Waals surface area contributed by atoms with E-state index in [9.17, 15) is 4.79 Å². The summed E-state index contributed by atoms with van der Waals surface area (Å²) in [5, 5.41) is 0.919. The first-order valence-electron chi connectivity index (χ1n) is 5.79. The number of aryl methyl sites for hydroxylation is 1. The SMILES string of the molecule is Cn1c([Se])c(C(=O)OC(C)(C)C)c2ccccc21. The van der Waals surface area contributed by atoms with E-state index in [1.54, 1.807) is 0 Å². The first kappa shape index (κ1) is 13.2. The molecule has 2 rings (SSSR count). The minimum absolute atomic E-state index is 0.284. The number of hydrogen-bond acceptors (Lipinski definition) is 2. The summed E-state index contributed by atoms with van der Waals surface area (Å²) >= 11 is 2.96. The van der Waals surface area contributed by atoms with Gasteiger partial charge in [-0.25, -0.2) is 0 Å². The van der Waals surface area contributed by atoms with Crippen LogP contribution in [0, 0.1) is 0 Å². The molecule has 0 bridgehead atoms. The zero-order valence-electron chi connectivity index (χ0n) is 11.0. The molecule has 0 saturated carbocycles. The van der Waals surface area contributed by atoms with Crippen LogP contribution in [0.25, 0.3) is 10.9 Å². The topological polar surface area (TPSA) is 31.2 Å². The molecule has 0 N–H and O–H groups in total. The zero-order chi connectivity index (χ0) is 13.5. The van der Waals surface area contributed by atoms with Crippen LogP contribution in [0.5, 0.6) is 0 Å². The van der Waals surface area contributed by atoms with E-state index < -0.39 is 5.60 Å². The summed E-state index contributed by atoms with van der Waals surface area (Å²) in [6, 6.07) is 7.82. The van der Waals surface area contributed by atoms with Crippen molar-refractivity contribution < 1.29 is 9.53 Å². The Morgan fingerprint density at radius 1 is 1.28 bits per heavy atom. The number of rotatable bonds is 1. The molecule has 4 heteroatoms. The molecule has 3 nitrogen and oxygen atoms in total. The molecule has 0 amide bonds. The van der Waals surface area contributed by atoms with E-state index >= 15 is 0 Å². The third kappa shape index (κ3) is 2.31. The summed E-state index contributed by atoms with van der Waals surface area (Å²) in [7, 11) is 1.93. The first-order chi connectivity index (χ1) is 8.31. The molecule has 0 fully saturated rings. The van der Waals surface area contributed by atoms with Crippen molar-refractivity contribution >= 4 is 37.5 Å². The van der Waals surface area contributed by atoms with Crippen molar-refractivity contribution in [2.75, 3.05) is 0 Å². The standard InChI is InChI=1S/C14H16NO2Se/c1-14(2,3)17-13(16)11-9-7-5-6-8-10(9)15(4)12(11)18/h5-8H,1-4H3. The van der Waals surface area contributed by atoms with E-state index in [0.29, 0.717) is 5.56 Å². The number of nitrogens with zero attached hydrogens (tertiary/aromatic N) is 1. The summed E-state index contributed by atoms with van der Waals surface area (Å²) < 4.78 is 8.23. The fraction of sp³-hybridized carbons (Fsp3) is 0.357. The second kappa shape index (κ2) is 4.45. The molecule has 2 aromatic rings. The maximum absolute atomic E-state index is 12.3. The van der Waals surface area contributed by atoms with Gasteiger partial charge in [0.15, 0.2) is 0 Å². The Labute approximate surface area is 115 Å². The number of ether oxygens (including phenoxy) is 1. The van der Waals surface area contributed by atoms with Gasteiger partial charge in [-0.1, -0.05) is 0 Å². The minimum atomic E-state index is -0.486. The Morgan fingerprint density at radius 3 is 2.50 bits per heavy atom.